The summed E-state index contributed by atoms with van der Waals surface area (Å²) in [4.78, 5) is 0. The summed E-state index contributed by atoms with van der Waals surface area (Å²) in [7, 11) is 0. The first-order valence-corrected chi connectivity index (χ1v) is 8.56. The van der Waals surface area contributed by atoms with Crippen LogP contribution in [-0.2, 0) is 11.3 Å². The van der Waals surface area contributed by atoms with Gasteiger partial charge in [-0.2, -0.15) is 0 Å². The molecule has 3 nitrogen and oxygen atoms in total. The molecule has 0 aliphatic heterocycles. The van der Waals surface area contributed by atoms with Crippen molar-refractivity contribution >= 4 is 23.1 Å². The molecule has 0 amide bonds. The maximum absolute atomic E-state index is 6.10. The van der Waals surface area contributed by atoms with Gasteiger partial charge in [-0.25, -0.2) is 0 Å². The summed E-state index contributed by atoms with van der Waals surface area (Å²) in [5.74, 6) is 0.916. The van der Waals surface area contributed by atoms with E-state index in [0.29, 0.717) is 18.4 Å². The summed E-state index contributed by atoms with van der Waals surface area (Å²) in [5, 5.41) is 3.53. The molecular formula is C20H25NO2S. The fourth-order valence-corrected chi connectivity index (χ4v) is 2.76. The van der Waals surface area contributed by atoms with E-state index in [9.17, 15) is 0 Å². The zero-order chi connectivity index (χ0) is 17.7. The molecule has 2 aromatic rings. The van der Waals surface area contributed by atoms with Crippen molar-refractivity contribution in [2.75, 3.05) is 11.9 Å². The normalized spacial score (nSPS) is 10.4. The summed E-state index contributed by atoms with van der Waals surface area (Å²) in [6.07, 6.45) is 0. The van der Waals surface area contributed by atoms with Gasteiger partial charge in [-0.1, -0.05) is 18.2 Å². The largest absolute Gasteiger partial charge is 0.489 e. The second-order valence-electron chi connectivity index (χ2n) is 5.94. The minimum atomic E-state index is 0.381. The number of aryl methyl sites for hydroxylation is 4. The maximum Gasteiger partial charge on any atom is 0.261 e. The van der Waals surface area contributed by atoms with Crippen molar-refractivity contribution in [3.63, 3.8) is 0 Å². The van der Waals surface area contributed by atoms with E-state index < -0.39 is 0 Å². The van der Waals surface area contributed by atoms with Crippen LogP contribution in [0.4, 0.5) is 5.69 Å². The van der Waals surface area contributed by atoms with Crippen LogP contribution in [0.25, 0.3) is 0 Å². The van der Waals surface area contributed by atoms with Gasteiger partial charge in [0.05, 0.1) is 6.61 Å². The molecule has 24 heavy (non-hydrogen) atoms. The summed E-state index contributed by atoms with van der Waals surface area (Å²) in [5.41, 5.74) is 6.82. The lowest BCUT2D eigenvalue weighted by Crippen LogP contribution is -2.15. The highest BCUT2D eigenvalue weighted by atomic mass is 32.1. The van der Waals surface area contributed by atoms with Gasteiger partial charge in [0.25, 0.3) is 5.17 Å². The van der Waals surface area contributed by atoms with Crippen LogP contribution in [0, 0.1) is 27.7 Å². The second kappa shape index (κ2) is 8.15. The smallest absolute Gasteiger partial charge is 0.261 e. The topological polar surface area (TPSA) is 30.5 Å². The quantitative estimate of drug-likeness (QED) is 0.753. The predicted octanol–water partition coefficient (Wildman–Crippen LogP) is 5.23. The highest BCUT2D eigenvalue weighted by molar-refractivity contribution is 7.80. The van der Waals surface area contributed by atoms with Gasteiger partial charge in [-0.05, 0) is 81.2 Å². The van der Waals surface area contributed by atoms with Crippen molar-refractivity contribution in [3.05, 3.63) is 58.1 Å². The Hall–Kier alpha value is -2.07. The van der Waals surface area contributed by atoms with E-state index in [1.807, 2.05) is 19.1 Å². The third kappa shape index (κ3) is 4.48. The molecule has 0 aliphatic carbocycles. The lowest BCUT2D eigenvalue weighted by molar-refractivity contribution is 0.303. The van der Waals surface area contributed by atoms with Crippen molar-refractivity contribution < 1.29 is 9.47 Å². The molecule has 0 bridgehead atoms. The monoisotopic (exact) mass is 343 g/mol. The molecule has 0 aromatic heterocycles. The molecular weight excluding hydrogens is 318 g/mol. The van der Waals surface area contributed by atoms with E-state index in [-0.39, 0.29) is 0 Å². The molecule has 0 atom stereocenters. The lowest BCUT2D eigenvalue weighted by Gasteiger charge is -2.17. The number of anilines is 1. The first kappa shape index (κ1) is 18.3. The first-order chi connectivity index (χ1) is 11.4. The van der Waals surface area contributed by atoms with Crippen LogP contribution >= 0.6 is 12.2 Å². The molecule has 0 radical (unpaired) electrons. The fourth-order valence-electron chi connectivity index (χ4n) is 2.53. The zero-order valence-electron chi connectivity index (χ0n) is 15.0. The van der Waals surface area contributed by atoms with Gasteiger partial charge in [0.2, 0.25) is 0 Å². The maximum atomic E-state index is 6.10. The molecule has 0 aliphatic rings. The Morgan fingerprint density at radius 3 is 2.42 bits per heavy atom. The third-order valence-corrected chi connectivity index (χ3v) is 4.31. The van der Waals surface area contributed by atoms with Crippen molar-refractivity contribution in [2.24, 2.45) is 0 Å². The Kier molecular flexibility index (Phi) is 6.21. The summed E-state index contributed by atoms with van der Waals surface area (Å²) >= 11 is 5.19. The number of benzene rings is 2. The van der Waals surface area contributed by atoms with E-state index in [4.69, 9.17) is 21.7 Å². The molecule has 0 saturated carbocycles. The van der Waals surface area contributed by atoms with Crippen LogP contribution in [0.15, 0.2) is 30.3 Å². The standard InChI is InChI=1S/C20H25NO2S/c1-6-22-20(24)21-18-9-7-8-13(2)17(18)12-23-19-11-15(4)14(3)10-16(19)5/h7-11H,6,12H2,1-5H3,(H,21,24). The van der Waals surface area contributed by atoms with Crippen molar-refractivity contribution in [3.8, 4) is 5.75 Å². The number of rotatable bonds is 5. The summed E-state index contributed by atoms with van der Waals surface area (Å²) < 4.78 is 11.4. The summed E-state index contributed by atoms with van der Waals surface area (Å²) in [6.45, 7) is 11.3. The third-order valence-electron chi connectivity index (χ3n) is 4.09. The van der Waals surface area contributed by atoms with Crippen molar-refractivity contribution in [1.29, 1.82) is 0 Å². The van der Waals surface area contributed by atoms with E-state index in [0.717, 1.165) is 28.1 Å². The van der Waals surface area contributed by atoms with E-state index >= 15 is 0 Å². The Morgan fingerprint density at radius 2 is 1.71 bits per heavy atom. The number of ether oxygens (including phenoxy) is 2. The highest BCUT2D eigenvalue weighted by Gasteiger charge is 2.10. The summed E-state index contributed by atoms with van der Waals surface area (Å²) in [6, 6.07) is 10.3. The molecule has 0 heterocycles. The van der Waals surface area contributed by atoms with E-state index in [1.54, 1.807) is 0 Å². The van der Waals surface area contributed by atoms with Crippen LogP contribution in [0.1, 0.15) is 34.7 Å². The Morgan fingerprint density at radius 1 is 1.00 bits per heavy atom. The van der Waals surface area contributed by atoms with Gasteiger partial charge in [-0.3, -0.25) is 0 Å². The van der Waals surface area contributed by atoms with E-state index in [2.05, 4.69) is 51.2 Å². The molecule has 2 aromatic carbocycles. The fraction of sp³-hybridized carbons (Fsp3) is 0.350. The molecule has 0 fully saturated rings. The van der Waals surface area contributed by atoms with Crippen molar-refractivity contribution in [2.45, 2.75) is 41.2 Å². The van der Waals surface area contributed by atoms with Crippen LogP contribution in [-0.4, -0.2) is 11.8 Å². The van der Waals surface area contributed by atoms with Gasteiger partial charge in [0.15, 0.2) is 0 Å². The van der Waals surface area contributed by atoms with Gasteiger partial charge in [-0.15, -0.1) is 0 Å². The molecule has 0 saturated heterocycles. The number of hydrogen-bond acceptors (Lipinski definition) is 3. The van der Waals surface area contributed by atoms with Crippen molar-refractivity contribution in [1.82, 2.24) is 0 Å². The Balaban J connectivity index is 2.20. The molecule has 0 unspecified atom stereocenters. The van der Waals surface area contributed by atoms with Crippen LogP contribution in [0.3, 0.4) is 0 Å². The SMILES string of the molecule is CCOC(=S)Nc1cccc(C)c1COc1cc(C)c(C)cc1C. The van der Waals surface area contributed by atoms with Crippen LogP contribution in [0.5, 0.6) is 5.75 Å². The molecule has 1 N–H and O–H groups in total. The van der Waals surface area contributed by atoms with Gasteiger partial charge in [0, 0.05) is 11.3 Å². The zero-order valence-corrected chi connectivity index (χ0v) is 15.8. The van der Waals surface area contributed by atoms with Crippen LogP contribution in [0.2, 0.25) is 0 Å². The van der Waals surface area contributed by atoms with Gasteiger partial charge >= 0.3 is 0 Å². The Bertz CT molecular complexity index is 741. The first-order valence-electron chi connectivity index (χ1n) is 8.15. The van der Waals surface area contributed by atoms with E-state index in [1.165, 1.54) is 11.1 Å². The average Bonchev–Trinajstić information content (AvgIpc) is 2.51. The minimum Gasteiger partial charge on any atom is -0.489 e. The average molecular weight is 343 g/mol. The highest BCUT2D eigenvalue weighted by Crippen LogP contribution is 2.26. The van der Waals surface area contributed by atoms with Crippen LogP contribution < -0.4 is 10.1 Å². The minimum absolute atomic E-state index is 0.381. The molecule has 128 valence electrons. The molecule has 2 rings (SSSR count). The molecule has 0 spiro atoms. The van der Waals surface area contributed by atoms with Gasteiger partial charge in [0.1, 0.15) is 12.4 Å². The predicted molar refractivity (Wildman–Crippen MR) is 104 cm³/mol. The lowest BCUT2D eigenvalue weighted by atomic mass is 10.1. The van der Waals surface area contributed by atoms with Gasteiger partial charge < -0.3 is 14.8 Å². The number of hydrogen-bond donors (Lipinski definition) is 1. The molecule has 4 heteroatoms. The Labute approximate surface area is 150 Å². The second-order valence-corrected chi connectivity index (χ2v) is 6.31. The number of nitrogens with one attached hydrogen (secondary N) is 1. The number of thiocarbonyl (C=S) groups is 1.